The second kappa shape index (κ2) is 20.6. The topological polar surface area (TPSA) is 93.7 Å². The molecule has 0 aliphatic heterocycles. The Balaban J connectivity index is -0.000000455. The van der Waals surface area contributed by atoms with Crippen LogP contribution in [0.2, 0.25) is 0 Å². The van der Waals surface area contributed by atoms with Crippen molar-refractivity contribution in [1.29, 1.82) is 0 Å². The standard InChI is InChI=1S/C10H21NO2.C10H20O2.C9H19NO/c1-8(2)7-10(12)11-5-6-13-9(3)4;1-8(2)9(11)6-7-12-10(3,4)5;1-7(2)8(11)10-6-9(3,4)5/h8-9H,5-7H2,1-4H3,(H,11,12);8H,6-7H2,1-5H3;7H,6H2,1-5H3,(H,10,11). The van der Waals surface area contributed by atoms with Gasteiger partial charge in [0.15, 0.2) is 0 Å². The van der Waals surface area contributed by atoms with Gasteiger partial charge in [0.1, 0.15) is 5.78 Å². The van der Waals surface area contributed by atoms with Gasteiger partial charge in [-0.1, -0.05) is 62.3 Å². The number of carbonyl (C=O) groups excluding carboxylic acids is 3. The Kier molecular flexibility index (Phi) is 22.3. The van der Waals surface area contributed by atoms with Crippen LogP contribution in [0, 0.1) is 23.2 Å². The number of hydrogen-bond donors (Lipinski definition) is 2. The van der Waals surface area contributed by atoms with Gasteiger partial charge in [-0.3, -0.25) is 14.4 Å². The molecule has 0 radical (unpaired) electrons. The first-order chi connectivity index (χ1) is 16.2. The van der Waals surface area contributed by atoms with Gasteiger partial charge in [0.25, 0.3) is 0 Å². The molecule has 0 aliphatic carbocycles. The van der Waals surface area contributed by atoms with Crippen molar-refractivity contribution in [1.82, 2.24) is 10.6 Å². The number of Topliss-reactive ketones (excluding diaryl/α,β-unsaturated/α-hetero) is 1. The molecular formula is C29H60N2O5. The van der Waals surface area contributed by atoms with E-state index in [0.29, 0.717) is 38.5 Å². The van der Waals surface area contributed by atoms with Crippen LogP contribution in [-0.4, -0.2) is 55.6 Å². The van der Waals surface area contributed by atoms with E-state index in [2.05, 4.69) is 31.4 Å². The molecule has 7 nitrogen and oxygen atoms in total. The minimum absolute atomic E-state index is 0.0948. The van der Waals surface area contributed by atoms with Gasteiger partial charge in [0.2, 0.25) is 11.8 Å². The molecule has 0 aromatic carbocycles. The molecule has 0 saturated heterocycles. The normalized spacial score (nSPS) is 11.6. The number of nitrogens with one attached hydrogen (secondary N) is 2. The molecule has 0 aliphatic rings. The van der Waals surface area contributed by atoms with Crippen molar-refractivity contribution in [3.63, 3.8) is 0 Å². The van der Waals surface area contributed by atoms with Crippen LogP contribution in [0.1, 0.15) is 110 Å². The third-order valence-corrected chi connectivity index (χ3v) is 4.31. The summed E-state index contributed by atoms with van der Waals surface area (Å²) in [5, 5.41) is 5.69. The average molecular weight is 517 g/mol. The van der Waals surface area contributed by atoms with Gasteiger partial charge in [-0.05, 0) is 46.0 Å². The fourth-order valence-electron chi connectivity index (χ4n) is 2.23. The van der Waals surface area contributed by atoms with Crippen molar-refractivity contribution in [2.24, 2.45) is 23.2 Å². The first kappa shape index (κ1) is 39.0. The minimum atomic E-state index is -0.128. The maximum atomic E-state index is 11.1. The lowest BCUT2D eigenvalue weighted by Crippen LogP contribution is -2.34. The third-order valence-electron chi connectivity index (χ3n) is 4.31. The Morgan fingerprint density at radius 1 is 0.750 bits per heavy atom. The van der Waals surface area contributed by atoms with Crippen LogP contribution in [0.25, 0.3) is 0 Å². The highest BCUT2D eigenvalue weighted by Crippen LogP contribution is 2.10. The van der Waals surface area contributed by atoms with Crippen LogP contribution < -0.4 is 10.6 Å². The molecule has 0 unspecified atom stereocenters. The fourth-order valence-corrected chi connectivity index (χ4v) is 2.23. The van der Waals surface area contributed by atoms with Gasteiger partial charge in [-0.2, -0.15) is 0 Å². The van der Waals surface area contributed by atoms with Gasteiger partial charge in [0, 0.05) is 37.8 Å². The van der Waals surface area contributed by atoms with Crippen molar-refractivity contribution >= 4 is 17.6 Å². The van der Waals surface area contributed by atoms with E-state index >= 15 is 0 Å². The molecule has 0 fully saturated rings. The van der Waals surface area contributed by atoms with Crippen LogP contribution in [0.4, 0.5) is 0 Å². The first-order valence-electron chi connectivity index (χ1n) is 13.5. The number of rotatable bonds is 12. The zero-order valence-electron chi connectivity index (χ0n) is 26.1. The van der Waals surface area contributed by atoms with Crippen LogP contribution in [0.5, 0.6) is 0 Å². The van der Waals surface area contributed by atoms with E-state index in [1.807, 2.05) is 76.2 Å². The molecule has 0 rings (SSSR count). The molecule has 0 aromatic heterocycles. The highest BCUT2D eigenvalue weighted by atomic mass is 16.5. The second-order valence-electron chi connectivity index (χ2n) is 12.6. The molecular weight excluding hydrogens is 456 g/mol. The van der Waals surface area contributed by atoms with Crippen LogP contribution in [0.15, 0.2) is 0 Å². The molecule has 216 valence electrons. The van der Waals surface area contributed by atoms with Crippen molar-refractivity contribution in [3.8, 4) is 0 Å². The van der Waals surface area contributed by atoms with Crippen molar-refractivity contribution in [3.05, 3.63) is 0 Å². The zero-order chi connectivity index (χ0) is 29.1. The number of carbonyl (C=O) groups is 3. The maximum Gasteiger partial charge on any atom is 0.222 e. The Labute approximate surface area is 223 Å². The van der Waals surface area contributed by atoms with Gasteiger partial charge >= 0.3 is 0 Å². The van der Waals surface area contributed by atoms with Crippen molar-refractivity contribution in [2.75, 3.05) is 26.3 Å². The highest BCUT2D eigenvalue weighted by Gasteiger charge is 2.13. The minimum Gasteiger partial charge on any atom is -0.377 e. The average Bonchev–Trinajstić information content (AvgIpc) is 2.68. The van der Waals surface area contributed by atoms with E-state index in [1.54, 1.807) is 0 Å². The number of ether oxygens (including phenoxy) is 2. The molecule has 2 amide bonds. The number of hydrogen-bond acceptors (Lipinski definition) is 5. The molecule has 0 bridgehead atoms. The monoisotopic (exact) mass is 516 g/mol. The second-order valence-corrected chi connectivity index (χ2v) is 12.6. The summed E-state index contributed by atoms with van der Waals surface area (Å²) >= 11 is 0. The van der Waals surface area contributed by atoms with Crippen molar-refractivity contribution in [2.45, 2.75) is 121 Å². The summed E-state index contributed by atoms with van der Waals surface area (Å²) < 4.78 is 10.7. The van der Waals surface area contributed by atoms with E-state index in [0.717, 1.165) is 6.54 Å². The quantitative estimate of drug-likeness (QED) is 0.320. The summed E-state index contributed by atoms with van der Waals surface area (Å²) in [6, 6.07) is 0. The summed E-state index contributed by atoms with van der Waals surface area (Å²) in [5.74, 6) is 1.18. The van der Waals surface area contributed by atoms with E-state index < -0.39 is 0 Å². The zero-order valence-corrected chi connectivity index (χ0v) is 26.1. The number of amides is 2. The van der Waals surface area contributed by atoms with Gasteiger partial charge in [-0.15, -0.1) is 0 Å². The smallest absolute Gasteiger partial charge is 0.222 e. The fraction of sp³-hybridized carbons (Fsp3) is 0.897. The van der Waals surface area contributed by atoms with E-state index in [-0.39, 0.29) is 46.6 Å². The summed E-state index contributed by atoms with van der Waals surface area (Å²) in [4.78, 5) is 33.4. The Bertz CT molecular complexity index is 585. The molecule has 0 aromatic rings. The summed E-state index contributed by atoms with van der Waals surface area (Å²) in [6.45, 7) is 30.5. The van der Waals surface area contributed by atoms with Crippen LogP contribution in [-0.2, 0) is 23.9 Å². The van der Waals surface area contributed by atoms with E-state index in [4.69, 9.17) is 9.47 Å². The Hall–Kier alpha value is -1.47. The predicted molar refractivity (Wildman–Crippen MR) is 151 cm³/mol. The number of ketones is 1. The Morgan fingerprint density at radius 3 is 1.64 bits per heavy atom. The summed E-state index contributed by atoms with van der Waals surface area (Å²) in [7, 11) is 0. The molecule has 36 heavy (non-hydrogen) atoms. The van der Waals surface area contributed by atoms with Gasteiger partial charge < -0.3 is 20.1 Å². The van der Waals surface area contributed by atoms with E-state index in [1.165, 1.54) is 0 Å². The molecule has 0 saturated carbocycles. The largest absolute Gasteiger partial charge is 0.377 e. The van der Waals surface area contributed by atoms with Crippen molar-refractivity contribution < 1.29 is 23.9 Å². The highest BCUT2D eigenvalue weighted by molar-refractivity contribution is 5.80. The van der Waals surface area contributed by atoms with Gasteiger partial charge in [0.05, 0.1) is 24.9 Å². The third kappa shape index (κ3) is 34.7. The maximum absolute atomic E-state index is 11.1. The summed E-state index contributed by atoms with van der Waals surface area (Å²) in [5.41, 5.74) is 0.0574. The first-order valence-corrected chi connectivity index (χ1v) is 13.5. The lowest BCUT2D eigenvalue weighted by atomic mass is 9.97. The summed E-state index contributed by atoms with van der Waals surface area (Å²) in [6.07, 6.45) is 1.37. The van der Waals surface area contributed by atoms with Crippen LogP contribution in [0.3, 0.4) is 0 Å². The van der Waals surface area contributed by atoms with E-state index in [9.17, 15) is 14.4 Å². The SMILES string of the molecule is CC(C)C(=O)CCOC(C)(C)C.CC(C)C(=O)NCC(C)(C)C.CC(C)CC(=O)NCCOC(C)C. The Morgan fingerprint density at radius 2 is 1.28 bits per heavy atom. The molecule has 0 heterocycles. The van der Waals surface area contributed by atoms with Gasteiger partial charge in [-0.25, -0.2) is 0 Å². The predicted octanol–water partition coefficient (Wildman–Crippen LogP) is 5.80. The molecule has 0 atom stereocenters. The molecule has 2 N–H and O–H groups in total. The van der Waals surface area contributed by atoms with Crippen LogP contribution >= 0.6 is 0 Å². The molecule has 7 heteroatoms. The lowest BCUT2D eigenvalue weighted by Gasteiger charge is -2.19. The molecule has 0 spiro atoms. The lowest BCUT2D eigenvalue weighted by molar-refractivity contribution is -0.125.